The molecule has 0 aromatic heterocycles. The van der Waals surface area contributed by atoms with Crippen LogP contribution in [0.15, 0.2) is 48.5 Å². The number of nitrogens with one attached hydrogen (secondary N) is 1. The lowest BCUT2D eigenvalue weighted by atomic mass is 10.1. The molecular formula is C21H25N3O2. The van der Waals surface area contributed by atoms with Gasteiger partial charge in [0.15, 0.2) is 5.78 Å². The van der Waals surface area contributed by atoms with Crippen LogP contribution in [0.25, 0.3) is 0 Å². The normalized spacial score (nSPS) is 14.2. The first-order valence-electron chi connectivity index (χ1n) is 8.98. The average molecular weight is 351 g/mol. The van der Waals surface area contributed by atoms with Gasteiger partial charge in [0.25, 0.3) is 0 Å². The predicted octanol–water partition coefficient (Wildman–Crippen LogP) is 3.23. The Labute approximate surface area is 154 Å². The maximum absolute atomic E-state index is 12.4. The number of urea groups is 1. The molecule has 1 saturated heterocycles. The van der Waals surface area contributed by atoms with E-state index in [0.717, 1.165) is 29.9 Å². The van der Waals surface area contributed by atoms with E-state index in [9.17, 15) is 9.59 Å². The highest BCUT2D eigenvalue weighted by Gasteiger charge is 2.21. The Morgan fingerprint density at radius 2 is 1.62 bits per heavy atom. The molecule has 2 aromatic rings. The molecule has 2 aromatic carbocycles. The van der Waals surface area contributed by atoms with Crippen molar-refractivity contribution in [3.8, 4) is 0 Å². The van der Waals surface area contributed by atoms with Crippen molar-refractivity contribution in [2.24, 2.45) is 0 Å². The fourth-order valence-electron chi connectivity index (χ4n) is 3.17. The van der Waals surface area contributed by atoms with Crippen LogP contribution in [0, 0.1) is 6.92 Å². The number of benzene rings is 2. The van der Waals surface area contributed by atoms with Gasteiger partial charge in [0.1, 0.15) is 0 Å². The van der Waals surface area contributed by atoms with Gasteiger partial charge in [-0.2, -0.15) is 0 Å². The molecule has 5 heteroatoms. The number of carbonyl (C=O) groups is 2. The van der Waals surface area contributed by atoms with Gasteiger partial charge in [-0.3, -0.25) is 4.79 Å². The fraction of sp³-hybridized carbons (Fsp3) is 0.333. The van der Waals surface area contributed by atoms with Crippen LogP contribution < -0.4 is 10.2 Å². The van der Waals surface area contributed by atoms with E-state index in [1.165, 1.54) is 5.56 Å². The maximum atomic E-state index is 12.4. The fourth-order valence-corrected chi connectivity index (χ4v) is 3.17. The molecule has 0 atom stereocenters. The summed E-state index contributed by atoms with van der Waals surface area (Å²) in [6.07, 6.45) is 0. The molecule has 1 heterocycles. The van der Waals surface area contributed by atoms with E-state index in [1.54, 1.807) is 6.92 Å². The molecule has 3 rings (SSSR count). The second kappa shape index (κ2) is 8.04. The van der Waals surface area contributed by atoms with E-state index >= 15 is 0 Å². The lowest BCUT2D eigenvalue weighted by Crippen LogP contribution is -2.51. The number of aryl methyl sites for hydroxylation is 1. The van der Waals surface area contributed by atoms with Gasteiger partial charge in [-0.15, -0.1) is 0 Å². The zero-order valence-electron chi connectivity index (χ0n) is 15.4. The smallest absolute Gasteiger partial charge is 0.317 e. The summed E-state index contributed by atoms with van der Waals surface area (Å²) >= 11 is 0. The summed E-state index contributed by atoms with van der Waals surface area (Å²) in [5.41, 5.74) is 4.15. The van der Waals surface area contributed by atoms with Crippen LogP contribution >= 0.6 is 0 Å². The minimum atomic E-state index is -0.0140. The average Bonchev–Trinajstić information content (AvgIpc) is 2.67. The van der Waals surface area contributed by atoms with Crippen molar-refractivity contribution in [3.63, 3.8) is 0 Å². The molecule has 1 N–H and O–H groups in total. The molecule has 0 saturated carbocycles. The van der Waals surface area contributed by atoms with Gasteiger partial charge in [-0.1, -0.05) is 24.3 Å². The van der Waals surface area contributed by atoms with Crippen LogP contribution in [0.3, 0.4) is 0 Å². The number of ketones is 1. The molecule has 5 nitrogen and oxygen atoms in total. The van der Waals surface area contributed by atoms with Gasteiger partial charge in [0, 0.05) is 44.0 Å². The van der Waals surface area contributed by atoms with Gasteiger partial charge in [0.2, 0.25) is 0 Å². The minimum Gasteiger partial charge on any atom is -0.368 e. The molecule has 0 radical (unpaired) electrons. The Kier molecular flexibility index (Phi) is 5.56. The number of nitrogens with zero attached hydrogens (tertiary/aromatic N) is 2. The Hall–Kier alpha value is -2.82. The summed E-state index contributed by atoms with van der Waals surface area (Å²) in [4.78, 5) is 27.9. The third-order valence-electron chi connectivity index (χ3n) is 4.90. The van der Waals surface area contributed by atoms with Gasteiger partial charge >= 0.3 is 6.03 Å². The molecule has 1 aliphatic rings. The molecule has 0 bridgehead atoms. The van der Waals surface area contributed by atoms with Crippen molar-refractivity contribution in [2.75, 3.05) is 31.1 Å². The number of hydrogen-bond acceptors (Lipinski definition) is 3. The Balaban J connectivity index is 1.50. The van der Waals surface area contributed by atoms with E-state index in [-0.39, 0.29) is 11.8 Å². The largest absolute Gasteiger partial charge is 0.368 e. The Morgan fingerprint density at radius 3 is 2.23 bits per heavy atom. The summed E-state index contributed by atoms with van der Waals surface area (Å²) in [6.45, 7) is 7.13. The van der Waals surface area contributed by atoms with Gasteiger partial charge in [-0.25, -0.2) is 4.79 Å². The molecule has 136 valence electrons. The summed E-state index contributed by atoms with van der Waals surface area (Å²) in [7, 11) is 0. The molecule has 0 spiro atoms. The van der Waals surface area contributed by atoms with E-state index in [0.29, 0.717) is 19.6 Å². The van der Waals surface area contributed by atoms with Crippen LogP contribution in [-0.4, -0.2) is 42.9 Å². The Bertz CT molecular complexity index is 778. The van der Waals surface area contributed by atoms with Crippen LogP contribution in [-0.2, 0) is 6.54 Å². The third kappa shape index (κ3) is 4.23. The quantitative estimate of drug-likeness (QED) is 0.861. The number of anilines is 1. The van der Waals surface area contributed by atoms with E-state index < -0.39 is 0 Å². The molecule has 1 aliphatic heterocycles. The summed E-state index contributed by atoms with van der Waals surface area (Å²) in [6, 6.07) is 15.7. The summed E-state index contributed by atoms with van der Waals surface area (Å²) in [5, 5.41) is 3.02. The number of amides is 2. The van der Waals surface area contributed by atoms with E-state index in [2.05, 4.69) is 23.2 Å². The SMILES string of the molecule is CC(=O)c1ccc(N2CCN(C(=O)NCc3ccccc3C)CC2)cc1. The zero-order valence-corrected chi connectivity index (χ0v) is 15.4. The highest BCUT2D eigenvalue weighted by atomic mass is 16.2. The second-order valence-electron chi connectivity index (χ2n) is 6.66. The van der Waals surface area contributed by atoms with Crippen molar-refractivity contribution < 1.29 is 9.59 Å². The number of carbonyl (C=O) groups excluding carboxylic acids is 2. The van der Waals surface area contributed by atoms with Crippen molar-refractivity contribution in [2.45, 2.75) is 20.4 Å². The predicted molar refractivity (Wildman–Crippen MR) is 104 cm³/mol. The van der Waals surface area contributed by atoms with Crippen LogP contribution in [0.5, 0.6) is 0 Å². The third-order valence-corrected chi connectivity index (χ3v) is 4.90. The lowest BCUT2D eigenvalue weighted by Gasteiger charge is -2.36. The molecule has 0 unspecified atom stereocenters. The first-order valence-corrected chi connectivity index (χ1v) is 8.98. The second-order valence-corrected chi connectivity index (χ2v) is 6.66. The van der Waals surface area contributed by atoms with Crippen molar-refractivity contribution in [1.29, 1.82) is 0 Å². The van der Waals surface area contributed by atoms with Crippen LogP contribution in [0.2, 0.25) is 0 Å². The highest BCUT2D eigenvalue weighted by Crippen LogP contribution is 2.18. The molecule has 26 heavy (non-hydrogen) atoms. The standard InChI is InChI=1S/C21H25N3O2/c1-16-5-3-4-6-19(16)15-22-21(26)24-13-11-23(12-14-24)20-9-7-18(8-10-20)17(2)25/h3-10H,11-15H2,1-2H3,(H,22,26). The summed E-state index contributed by atoms with van der Waals surface area (Å²) in [5.74, 6) is 0.0756. The first kappa shape index (κ1) is 18.0. The lowest BCUT2D eigenvalue weighted by molar-refractivity contribution is 0.101. The minimum absolute atomic E-state index is 0.0140. The van der Waals surface area contributed by atoms with Gasteiger partial charge < -0.3 is 15.1 Å². The monoisotopic (exact) mass is 351 g/mol. The van der Waals surface area contributed by atoms with Crippen LogP contribution in [0.1, 0.15) is 28.4 Å². The topological polar surface area (TPSA) is 52.7 Å². The molecule has 0 aliphatic carbocycles. The summed E-state index contributed by atoms with van der Waals surface area (Å²) < 4.78 is 0. The van der Waals surface area contributed by atoms with E-state index in [4.69, 9.17) is 0 Å². The highest BCUT2D eigenvalue weighted by molar-refractivity contribution is 5.94. The van der Waals surface area contributed by atoms with Crippen molar-refractivity contribution in [3.05, 3.63) is 65.2 Å². The maximum Gasteiger partial charge on any atom is 0.317 e. The molecule has 2 amide bonds. The molecular weight excluding hydrogens is 326 g/mol. The van der Waals surface area contributed by atoms with Crippen molar-refractivity contribution in [1.82, 2.24) is 10.2 Å². The van der Waals surface area contributed by atoms with Gasteiger partial charge in [0.05, 0.1) is 0 Å². The van der Waals surface area contributed by atoms with E-state index in [1.807, 2.05) is 47.4 Å². The number of rotatable bonds is 4. The molecule has 1 fully saturated rings. The number of hydrogen-bond donors (Lipinski definition) is 1. The first-order chi connectivity index (χ1) is 12.5. The van der Waals surface area contributed by atoms with Crippen molar-refractivity contribution >= 4 is 17.5 Å². The number of Topliss-reactive ketones (excluding diaryl/α,β-unsaturated/α-hetero) is 1. The zero-order chi connectivity index (χ0) is 18.5. The number of piperazine rings is 1. The Morgan fingerprint density at radius 1 is 0.962 bits per heavy atom. The van der Waals surface area contributed by atoms with Crippen LogP contribution in [0.4, 0.5) is 10.5 Å². The van der Waals surface area contributed by atoms with Gasteiger partial charge in [-0.05, 0) is 49.2 Å².